The van der Waals surface area contributed by atoms with Gasteiger partial charge in [-0.05, 0) is 25.8 Å². The Morgan fingerprint density at radius 3 is 2.76 bits per heavy atom. The standard InChI is InChI=1S/C13H23N3O/c1-15-8-11-6-14-7-13(17)16(11)12(9-15)10-4-2-3-5-10/h10-12,14H,2-9H2,1H3. The molecule has 96 valence electrons. The maximum absolute atomic E-state index is 12.1. The minimum absolute atomic E-state index is 0.325. The predicted molar refractivity (Wildman–Crippen MR) is 66.7 cm³/mol. The maximum atomic E-state index is 12.1. The van der Waals surface area contributed by atoms with Crippen LogP contribution < -0.4 is 5.32 Å². The second-order valence-electron chi connectivity index (χ2n) is 5.92. The van der Waals surface area contributed by atoms with Gasteiger partial charge in [0, 0.05) is 25.7 Å². The van der Waals surface area contributed by atoms with E-state index in [1.54, 1.807) is 0 Å². The molecule has 1 saturated carbocycles. The van der Waals surface area contributed by atoms with Crippen molar-refractivity contribution < 1.29 is 4.79 Å². The smallest absolute Gasteiger partial charge is 0.237 e. The van der Waals surface area contributed by atoms with Crippen LogP contribution in [-0.2, 0) is 4.79 Å². The summed E-state index contributed by atoms with van der Waals surface area (Å²) in [6.45, 7) is 3.62. The van der Waals surface area contributed by atoms with Crippen LogP contribution >= 0.6 is 0 Å². The number of rotatable bonds is 1. The summed E-state index contributed by atoms with van der Waals surface area (Å²) in [5.74, 6) is 1.08. The van der Waals surface area contributed by atoms with Crippen molar-refractivity contribution in [2.75, 3.05) is 33.2 Å². The molecule has 2 heterocycles. The third kappa shape index (κ3) is 2.08. The molecule has 0 aromatic heterocycles. The molecule has 1 aliphatic carbocycles. The molecule has 2 aliphatic heterocycles. The first-order chi connectivity index (χ1) is 8.25. The van der Waals surface area contributed by atoms with Crippen LogP contribution in [0.2, 0.25) is 0 Å². The number of hydrogen-bond donors (Lipinski definition) is 1. The lowest BCUT2D eigenvalue weighted by molar-refractivity contribution is -0.144. The molecule has 0 bridgehead atoms. The van der Waals surface area contributed by atoms with Gasteiger partial charge in [0.05, 0.1) is 12.6 Å². The number of hydrogen-bond acceptors (Lipinski definition) is 3. The number of carbonyl (C=O) groups is 1. The number of nitrogens with one attached hydrogen (secondary N) is 1. The van der Waals surface area contributed by atoms with E-state index in [1.807, 2.05) is 0 Å². The molecule has 2 atom stereocenters. The van der Waals surface area contributed by atoms with E-state index in [2.05, 4.69) is 22.2 Å². The van der Waals surface area contributed by atoms with Gasteiger partial charge in [-0.25, -0.2) is 0 Å². The van der Waals surface area contributed by atoms with Crippen molar-refractivity contribution >= 4 is 5.91 Å². The average Bonchev–Trinajstić information content (AvgIpc) is 2.81. The van der Waals surface area contributed by atoms with E-state index >= 15 is 0 Å². The van der Waals surface area contributed by atoms with Gasteiger partial charge in [-0.1, -0.05) is 12.8 Å². The molecule has 0 radical (unpaired) electrons. The van der Waals surface area contributed by atoms with Gasteiger partial charge in [-0.3, -0.25) is 4.79 Å². The zero-order valence-electron chi connectivity index (χ0n) is 10.7. The lowest BCUT2D eigenvalue weighted by Crippen LogP contribution is -2.68. The van der Waals surface area contributed by atoms with Gasteiger partial charge in [-0.2, -0.15) is 0 Å². The SMILES string of the molecule is CN1CC2CNCC(=O)N2C(C2CCCC2)C1. The van der Waals surface area contributed by atoms with Crippen LogP contribution in [-0.4, -0.2) is 61.0 Å². The molecule has 2 saturated heterocycles. The van der Waals surface area contributed by atoms with E-state index < -0.39 is 0 Å². The van der Waals surface area contributed by atoms with Crippen molar-refractivity contribution in [2.45, 2.75) is 37.8 Å². The first kappa shape index (κ1) is 11.5. The van der Waals surface area contributed by atoms with E-state index in [1.165, 1.54) is 25.7 Å². The number of fused-ring (bicyclic) bond motifs is 1. The number of carbonyl (C=O) groups excluding carboxylic acids is 1. The Hall–Kier alpha value is -0.610. The highest BCUT2D eigenvalue weighted by atomic mass is 16.2. The van der Waals surface area contributed by atoms with Crippen LogP contribution in [0.1, 0.15) is 25.7 Å². The summed E-state index contributed by atoms with van der Waals surface area (Å²) in [5.41, 5.74) is 0. The molecule has 0 spiro atoms. The molecule has 4 heteroatoms. The molecule has 1 N–H and O–H groups in total. The van der Waals surface area contributed by atoms with Crippen molar-refractivity contribution in [3.8, 4) is 0 Å². The summed E-state index contributed by atoms with van der Waals surface area (Å²) < 4.78 is 0. The molecular weight excluding hydrogens is 214 g/mol. The minimum atomic E-state index is 0.325. The van der Waals surface area contributed by atoms with E-state index in [9.17, 15) is 4.79 Å². The second kappa shape index (κ2) is 4.58. The van der Waals surface area contributed by atoms with Gasteiger partial charge >= 0.3 is 0 Å². The zero-order chi connectivity index (χ0) is 11.8. The molecule has 3 rings (SSSR count). The van der Waals surface area contributed by atoms with Gasteiger partial charge < -0.3 is 15.1 Å². The lowest BCUT2D eigenvalue weighted by Gasteiger charge is -2.50. The fourth-order valence-electron chi connectivity index (χ4n) is 3.91. The molecule has 3 aliphatic rings. The summed E-state index contributed by atoms with van der Waals surface area (Å²) in [7, 11) is 2.19. The monoisotopic (exact) mass is 237 g/mol. The summed E-state index contributed by atoms with van der Waals surface area (Å²) in [6, 6.07) is 0.886. The Morgan fingerprint density at radius 1 is 1.24 bits per heavy atom. The molecule has 2 unspecified atom stereocenters. The van der Waals surface area contributed by atoms with Gasteiger partial charge in [0.15, 0.2) is 0 Å². The summed E-state index contributed by atoms with van der Waals surface area (Å²) >= 11 is 0. The van der Waals surface area contributed by atoms with E-state index in [0.29, 0.717) is 24.5 Å². The first-order valence-electron chi connectivity index (χ1n) is 6.96. The highest BCUT2D eigenvalue weighted by Gasteiger charge is 2.42. The Labute approximate surface area is 103 Å². The van der Waals surface area contributed by atoms with E-state index in [4.69, 9.17) is 0 Å². The number of piperazine rings is 2. The average molecular weight is 237 g/mol. The first-order valence-corrected chi connectivity index (χ1v) is 6.96. The van der Waals surface area contributed by atoms with Crippen LogP contribution in [0, 0.1) is 5.92 Å². The normalized spacial score (nSPS) is 36.3. The van der Waals surface area contributed by atoms with Crippen molar-refractivity contribution in [1.82, 2.24) is 15.1 Å². The summed E-state index contributed by atoms with van der Waals surface area (Å²) in [4.78, 5) is 16.8. The van der Waals surface area contributed by atoms with Crippen LogP contribution in [0.4, 0.5) is 0 Å². The minimum Gasteiger partial charge on any atom is -0.331 e. The fourth-order valence-corrected chi connectivity index (χ4v) is 3.91. The van der Waals surface area contributed by atoms with Crippen molar-refractivity contribution in [2.24, 2.45) is 5.92 Å². The van der Waals surface area contributed by atoms with E-state index in [-0.39, 0.29) is 0 Å². The Balaban J connectivity index is 1.80. The van der Waals surface area contributed by atoms with Crippen LogP contribution in [0.25, 0.3) is 0 Å². The number of amides is 1. The lowest BCUT2D eigenvalue weighted by atomic mass is 9.91. The zero-order valence-corrected chi connectivity index (χ0v) is 10.7. The summed E-state index contributed by atoms with van der Waals surface area (Å²) in [6.07, 6.45) is 5.36. The Kier molecular flexibility index (Phi) is 3.09. The highest BCUT2D eigenvalue weighted by molar-refractivity contribution is 5.80. The molecule has 0 aromatic carbocycles. The molecule has 1 amide bonds. The van der Waals surface area contributed by atoms with Gasteiger partial charge in [0.25, 0.3) is 0 Å². The summed E-state index contributed by atoms with van der Waals surface area (Å²) in [5, 5.41) is 3.25. The third-order valence-electron chi connectivity index (χ3n) is 4.66. The van der Waals surface area contributed by atoms with E-state index in [0.717, 1.165) is 25.6 Å². The maximum Gasteiger partial charge on any atom is 0.237 e. The molecule has 4 nitrogen and oxygen atoms in total. The third-order valence-corrected chi connectivity index (χ3v) is 4.66. The quantitative estimate of drug-likeness (QED) is 0.712. The van der Waals surface area contributed by atoms with Crippen molar-refractivity contribution in [3.05, 3.63) is 0 Å². The number of likely N-dealkylation sites (N-methyl/N-ethyl adjacent to an activating group) is 1. The molecule has 17 heavy (non-hydrogen) atoms. The molecule has 0 aromatic rings. The van der Waals surface area contributed by atoms with Gasteiger partial charge in [0.2, 0.25) is 5.91 Å². The topological polar surface area (TPSA) is 35.6 Å². The van der Waals surface area contributed by atoms with Crippen LogP contribution in [0.15, 0.2) is 0 Å². The van der Waals surface area contributed by atoms with Gasteiger partial charge in [0.1, 0.15) is 0 Å². The van der Waals surface area contributed by atoms with Crippen molar-refractivity contribution in [1.29, 1.82) is 0 Å². The Bertz CT molecular complexity index is 301. The van der Waals surface area contributed by atoms with Crippen LogP contribution in [0.3, 0.4) is 0 Å². The van der Waals surface area contributed by atoms with Crippen molar-refractivity contribution in [3.63, 3.8) is 0 Å². The fraction of sp³-hybridized carbons (Fsp3) is 0.923. The largest absolute Gasteiger partial charge is 0.331 e. The van der Waals surface area contributed by atoms with Gasteiger partial charge in [-0.15, -0.1) is 0 Å². The molecular formula is C13H23N3O. The predicted octanol–water partition coefficient (Wildman–Crippen LogP) is 0.291. The number of nitrogens with zero attached hydrogens (tertiary/aromatic N) is 2. The highest BCUT2D eigenvalue weighted by Crippen LogP contribution is 2.33. The van der Waals surface area contributed by atoms with Crippen LogP contribution in [0.5, 0.6) is 0 Å². The molecule has 3 fully saturated rings. The second-order valence-corrected chi connectivity index (χ2v) is 5.92. The Morgan fingerprint density at radius 2 is 2.00 bits per heavy atom.